The van der Waals surface area contributed by atoms with E-state index in [2.05, 4.69) is 178 Å². The number of nitriles is 1. The van der Waals surface area contributed by atoms with Crippen LogP contribution in [0.25, 0.3) is 32.9 Å². The zero-order valence-electron chi connectivity index (χ0n) is 33.9. The molecule has 0 saturated heterocycles. The summed E-state index contributed by atoms with van der Waals surface area (Å²) in [6.45, 7) is 18.2. The Bertz CT molecular complexity index is 2510. The maximum atomic E-state index is 8.84. The first-order valence-electron chi connectivity index (χ1n) is 19.5. The third-order valence-corrected chi connectivity index (χ3v) is 11.0. The van der Waals surface area contributed by atoms with Gasteiger partial charge >= 0.3 is 21.1 Å². The fourth-order valence-corrected chi connectivity index (χ4v) is 7.99. The molecule has 0 bridgehead atoms. The third kappa shape index (κ3) is 7.42. The van der Waals surface area contributed by atoms with Crippen LogP contribution in [0.5, 0.6) is 0 Å². The smallest absolute Gasteiger partial charge is 0.657 e. The molecule has 0 spiro atoms. The Morgan fingerprint density at radius 2 is 1.07 bits per heavy atom. The van der Waals surface area contributed by atoms with Crippen LogP contribution in [0.2, 0.25) is 0 Å². The number of hydrogen-bond donors (Lipinski definition) is 0. The van der Waals surface area contributed by atoms with Crippen molar-refractivity contribution in [2.45, 2.75) is 59.3 Å². The topological polar surface area (TPSA) is 50.9 Å². The van der Waals surface area contributed by atoms with Gasteiger partial charge in [0, 0.05) is 22.7 Å². The molecule has 7 aromatic rings. The summed E-state index contributed by atoms with van der Waals surface area (Å²) in [4.78, 5) is 13.4. The van der Waals surface area contributed by atoms with Crippen molar-refractivity contribution >= 4 is 55.9 Å². The van der Waals surface area contributed by atoms with E-state index in [0.29, 0.717) is 23.3 Å². The maximum absolute atomic E-state index is 8.84. The molecular formula is C50H48N6Pt. The van der Waals surface area contributed by atoms with Gasteiger partial charge < -0.3 is 24.6 Å². The number of benzene rings is 6. The molecule has 2 aliphatic heterocycles. The van der Waals surface area contributed by atoms with E-state index < -0.39 is 0 Å². The molecule has 6 aromatic carbocycles. The molecule has 0 unspecified atom stereocenters. The SMILES string of the molecule is CC(C)c1cc(C(C)C)c(-c2cc(N3[CH-]N(C)c4ccccc43)[c-]c(N3[CH-]N(C)c4ccccc43)c2)c(C(C)C)c1.N#Cc1ccc2[n-]c3ccccc3c2c1.[Pt+4]. The van der Waals surface area contributed by atoms with Crippen molar-refractivity contribution in [2.24, 2.45) is 0 Å². The molecule has 288 valence electrons. The van der Waals surface area contributed by atoms with Gasteiger partial charge in [-0.3, -0.25) is 0 Å². The summed E-state index contributed by atoms with van der Waals surface area (Å²) in [5.41, 5.74) is 16.2. The molecule has 0 atom stereocenters. The van der Waals surface area contributed by atoms with Gasteiger partial charge in [0.1, 0.15) is 0 Å². The van der Waals surface area contributed by atoms with Gasteiger partial charge in [0.25, 0.3) is 0 Å². The summed E-state index contributed by atoms with van der Waals surface area (Å²) < 4.78 is 0. The monoisotopic (exact) mass is 927 g/mol. The Hall–Kier alpha value is -5.50. The van der Waals surface area contributed by atoms with Gasteiger partial charge in [-0.25, -0.2) is 0 Å². The van der Waals surface area contributed by atoms with Crippen molar-refractivity contribution in [2.75, 3.05) is 33.7 Å². The van der Waals surface area contributed by atoms with Crippen LogP contribution in [0.15, 0.2) is 115 Å². The predicted octanol–water partition coefficient (Wildman–Crippen LogP) is 12.8. The summed E-state index contributed by atoms with van der Waals surface area (Å²) >= 11 is 0. The number of aromatic nitrogens is 1. The average molecular weight is 928 g/mol. The fourth-order valence-electron chi connectivity index (χ4n) is 7.99. The molecule has 0 aliphatic carbocycles. The van der Waals surface area contributed by atoms with E-state index in [1.54, 1.807) is 6.07 Å². The summed E-state index contributed by atoms with van der Waals surface area (Å²) in [7, 11) is 4.23. The van der Waals surface area contributed by atoms with E-state index in [0.717, 1.165) is 33.2 Å². The molecule has 7 heteroatoms. The van der Waals surface area contributed by atoms with Gasteiger partial charge in [-0.1, -0.05) is 108 Å². The van der Waals surface area contributed by atoms with E-state index in [4.69, 9.17) is 5.26 Å². The molecule has 3 heterocycles. The van der Waals surface area contributed by atoms with E-state index in [1.807, 2.05) is 36.4 Å². The average Bonchev–Trinajstić information content (AvgIpc) is 3.87. The Kier molecular flexibility index (Phi) is 11.3. The molecule has 0 N–H and O–H groups in total. The molecule has 1 aromatic heterocycles. The summed E-state index contributed by atoms with van der Waals surface area (Å²) in [5.74, 6) is 1.27. The van der Waals surface area contributed by atoms with Crippen molar-refractivity contribution in [3.8, 4) is 17.2 Å². The van der Waals surface area contributed by atoms with Crippen molar-refractivity contribution in [3.05, 3.63) is 157 Å². The van der Waals surface area contributed by atoms with Gasteiger partial charge in [0.05, 0.1) is 11.6 Å². The summed E-state index contributed by atoms with van der Waals surface area (Å²) in [5, 5.41) is 11.0. The minimum Gasteiger partial charge on any atom is -0.657 e. The first kappa shape index (κ1) is 39.7. The van der Waals surface area contributed by atoms with Gasteiger partial charge in [0.2, 0.25) is 0 Å². The van der Waals surface area contributed by atoms with Crippen LogP contribution in [-0.2, 0) is 21.1 Å². The van der Waals surface area contributed by atoms with Crippen LogP contribution in [0.1, 0.15) is 81.5 Å². The number of para-hydroxylation sites is 5. The standard InChI is InChI=1S/C37H41N4.C13H7N2.Pt/c1-24(2)27-19-31(25(3)4)37(32(20-27)26(5)6)28-17-29(40-22-38(7)33-13-9-11-15-35(33)40)21-30(18-28)41-23-39(8)34-14-10-12-16-36(34)41;14-8-9-5-6-13-11(7-9)10-3-1-2-4-12(10)15-13;/h9-20,22-26H,1-8H3;1-7H;/q-3;-1;+4. The molecule has 0 saturated carbocycles. The minimum atomic E-state index is 0. The number of nitrogens with zero attached hydrogens (tertiary/aromatic N) is 6. The second-order valence-electron chi connectivity index (χ2n) is 15.8. The van der Waals surface area contributed by atoms with Crippen molar-refractivity contribution in [3.63, 3.8) is 0 Å². The second-order valence-corrected chi connectivity index (χ2v) is 15.8. The molecule has 0 amide bonds. The zero-order chi connectivity index (χ0) is 39.2. The number of rotatable bonds is 6. The first-order valence-corrected chi connectivity index (χ1v) is 19.5. The van der Waals surface area contributed by atoms with Gasteiger partial charge in [0.15, 0.2) is 0 Å². The van der Waals surface area contributed by atoms with E-state index in [9.17, 15) is 0 Å². The molecule has 9 rings (SSSR count). The predicted molar refractivity (Wildman–Crippen MR) is 235 cm³/mol. The van der Waals surface area contributed by atoms with E-state index >= 15 is 0 Å². The Labute approximate surface area is 352 Å². The first-order chi connectivity index (χ1) is 27.0. The largest absolute Gasteiger partial charge is 4.00 e. The quantitative estimate of drug-likeness (QED) is 0.155. The van der Waals surface area contributed by atoms with Crippen molar-refractivity contribution in [1.29, 1.82) is 5.26 Å². The molecule has 6 nitrogen and oxygen atoms in total. The minimum absolute atomic E-state index is 0. The molecule has 0 radical (unpaired) electrons. The van der Waals surface area contributed by atoms with E-state index in [1.165, 1.54) is 50.6 Å². The van der Waals surface area contributed by atoms with Crippen LogP contribution in [0.3, 0.4) is 0 Å². The van der Waals surface area contributed by atoms with Crippen LogP contribution < -0.4 is 24.6 Å². The Balaban J connectivity index is 0.000000258. The van der Waals surface area contributed by atoms with Gasteiger partial charge in [-0.2, -0.15) is 18.6 Å². The molecule has 57 heavy (non-hydrogen) atoms. The maximum Gasteiger partial charge on any atom is 4.00 e. The van der Waals surface area contributed by atoms with Crippen LogP contribution in [-0.4, -0.2) is 14.1 Å². The Morgan fingerprint density at radius 1 is 0.579 bits per heavy atom. The van der Waals surface area contributed by atoms with Crippen molar-refractivity contribution in [1.82, 2.24) is 4.98 Å². The fraction of sp³-hybridized carbons (Fsp3) is 0.220. The molecule has 0 fully saturated rings. The zero-order valence-corrected chi connectivity index (χ0v) is 36.1. The molecule has 2 aliphatic rings. The second kappa shape index (κ2) is 16.2. The van der Waals surface area contributed by atoms with Gasteiger partial charge in [-0.15, -0.1) is 46.2 Å². The van der Waals surface area contributed by atoms with E-state index in [-0.39, 0.29) is 21.1 Å². The Morgan fingerprint density at radius 3 is 1.58 bits per heavy atom. The third-order valence-electron chi connectivity index (χ3n) is 11.0. The number of anilines is 6. The van der Waals surface area contributed by atoms with Crippen molar-refractivity contribution < 1.29 is 21.1 Å². The van der Waals surface area contributed by atoms with Gasteiger partial charge in [-0.05, 0) is 101 Å². The number of hydrogen-bond acceptors (Lipinski definition) is 5. The van der Waals surface area contributed by atoms with Crippen LogP contribution in [0.4, 0.5) is 34.1 Å². The molecular weight excluding hydrogens is 880 g/mol. The summed E-state index contributed by atoms with van der Waals surface area (Å²) in [6.07, 6.45) is 0. The normalized spacial score (nSPS) is 13.3. The van der Waals surface area contributed by atoms with Crippen LogP contribution in [0, 0.1) is 30.7 Å². The number of fused-ring (bicyclic) bond motifs is 5. The summed E-state index contributed by atoms with van der Waals surface area (Å²) in [6, 6.07) is 46.3. The van der Waals surface area contributed by atoms with Crippen LogP contribution >= 0.6 is 0 Å².